The topological polar surface area (TPSA) is 65.7 Å². The van der Waals surface area contributed by atoms with Gasteiger partial charge in [0.1, 0.15) is 0 Å². The average Bonchev–Trinajstić information content (AvgIpc) is 2.25. The Morgan fingerprint density at radius 3 is 1.83 bits per heavy atom. The van der Waals surface area contributed by atoms with Crippen LogP contribution in [0.4, 0.5) is 0 Å². The molecule has 0 bridgehead atoms. The molecule has 0 radical (unpaired) electrons. The van der Waals surface area contributed by atoms with Crippen LogP contribution in [0.5, 0.6) is 0 Å². The predicted octanol–water partition coefficient (Wildman–Crippen LogP) is 4.72. The zero-order valence-corrected chi connectivity index (χ0v) is 16.3. The van der Waals surface area contributed by atoms with Crippen LogP contribution in [0.3, 0.4) is 0 Å². The van der Waals surface area contributed by atoms with Gasteiger partial charge in [0.2, 0.25) is 0 Å². The molecule has 0 aliphatic rings. The molecule has 0 saturated heterocycles. The summed E-state index contributed by atoms with van der Waals surface area (Å²) in [5.41, 5.74) is 5.28. The minimum Gasteiger partial charge on any atom is -0.415 e. The minimum absolute atomic E-state index is 0. The summed E-state index contributed by atoms with van der Waals surface area (Å²) in [4.78, 5) is 0. The van der Waals surface area contributed by atoms with Crippen LogP contribution in [0.15, 0.2) is 0 Å². The first-order valence-electron chi connectivity index (χ1n) is 7.40. The second kappa shape index (κ2) is 15.5. The maximum absolute atomic E-state index is 6.34. The van der Waals surface area contributed by atoms with Gasteiger partial charge in [-0.25, -0.2) is 0 Å². The highest BCUT2D eigenvalue weighted by Crippen LogP contribution is 2.26. The lowest BCUT2D eigenvalue weighted by Crippen LogP contribution is -2.53. The molecule has 0 heterocycles. The lowest BCUT2D eigenvalue weighted by Gasteiger charge is -2.39. The minimum atomic E-state index is -2.24. The van der Waals surface area contributed by atoms with E-state index in [4.69, 9.17) is 18.7 Å². The summed E-state index contributed by atoms with van der Waals surface area (Å²) in [5.74, 6) is 0. The van der Waals surface area contributed by atoms with Gasteiger partial charge in [-0.1, -0.05) is 29.7 Å². The van der Waals surface area contributed by atoms with Crippen molar-refractivity contribution in [2.24, 2.45) is 5.73 Å². The number of rotatable bonds is 10. The molecule has 0 aromatic carbocycles. The monoisotopic (exact) mass is 386 g/mol. The normalized spacial score (nSPS) is 13.5. The molecule has 5 nitrogen and oxygen atoms in total. The highest BCUT2D eigenvalue weighted by molar-refractivity contribution is 6.79. The summed E-state index contributed by atoms with van der Waals surface area (Å²) in [6, 6.07) is 0.960. The number of hydrogen-bond donors (Lipinski definition) is 2. The van der Waals surface area contributed by atoms with Crippen LogP contribution in [0.2, 0.25) is 25.7 Å². The Bertz CT molecular complexity index is 275. The fourth-order valence-corrected chi connectivity index (χ4v) is 9.38. The summed E-state index contributed by atoms with van der Waals surface area (Å²) in [6.07, 6.45) is 1.03. The van der Waals surface area contributed by atoms with Gasteiger partial charge < -0.3 is 24.0 Å². The van der Waals surface area contributed by atoms with Gasteiger partial charge in [-0.15, -0.1) is 0 Å². The smallest absolute Gasteiger partial charge is 0.326 e. The summed E-state index contributed by atoms with van der Waals surface area (Å²) in [7, 11) is -2.60. The molecule has 0 rings (SSSR count). The van der Waals surface area contributed by atoms with Crippen molar-refractivity contribution in [3.05, 3.63) is 0 Å². The van der Waals surface area contributed by atoms with E-state index in [1.165, 1.54) is 0 Å². The van der Waals surface area contributed by atoms with Crippen molar-refractivity contribution in [1.82, 2.24) is 5.32 Å². The Kier molecular flexibility index (Phi) is 22.8. The van der Waals surface area contributed by atoms with E-state index in [2.05, 4.69) is 45.7 Å². The second-order valence-electron chi connectivity index (χ2n) is 6.70. The van der Waals surface area contributed by atoms with Gasteiger partial charge in [0.15, 0.2) is 0 Å². The van der Waals surface area contributed by atoms with Crippen molar-refractivity contribution >= 4 is 17.1 Å². The number of hydrogen-bond acceptors (Lipinski definition) is 5. The molecule has 7 heteroatoms. The van der Waals surface area contributed by atoms with Crippen LogP contribution in [0.25, 0.3) is 0 Å². The van der Waals surface area contributed by atoms with Gasteiger partial charge in [0.05, 0.1) is 5.60 Å². The van der Waals surface area contributed by atoms with Crippen molar-refractivity contribution in [1.29, 1.82) is 0 Å². The van der Waals surface area contributed by atoms with Gasteiger partial charge in [-0.2, -0.15) is 0 Å². The summed E-state index contributed by atoms with van der Waals surface area (Å²) >= 11 is 0. The van der Waals surface area contributed by atoms with E-state index in [9.17, 15) is 0 Å². The summed E-state index contributed by atoms with van der Waals surface area (Å²) in [5, 5.41) is 3.31. The third kappa shape index (κ3) is 18.6. The van der Waals surface area contributed by atoms with Crippen LogP contribution in [-0.4, -0.2) is 49.5 Å². The average molecular weight is 387 g/mol. The Balaban J connectivity index is -0.000000301. The third-order valence-corrected chi connectivity index (χ3v) is 9.76. The molecule has 1 atom stereocenters. The van der Waals surface area contributed by atoms with Crippen LogP contribution < -0.4 is 11.1 Å². The Hall–Kier alpha value is 0.234. The molecule has 0 fully saturated rings. The van der Waals surface area contributed by atoms with Crippen molar-refractivity contribution in [2.45, 2.75) is 88.2 Å². The first-order chi connectivity index (χ1) is 9.04. The van der Waals surface area contributed by atoms with Crippen molar-refractivity contribution < 1.29 is 13.0 Å². The first kappa shape index (κ1) is 35.4. The van der Waals surface area contributed by atoms with Crippen molar-refractivity contribution in [3.8, 4) is 0 Å². The Morgan fingerprint density at radius 2 is 1.46 bits per heavy atom. The molecule has 24 heavy (non-hydrogen) atoms. The van der Waals surface area contributed by atoms with E-state index in [1.807, 2.05) is 0 Å². The van der Waals surface area contributed by atoms with E-state index < -0.39 is 17.1 Å². The molecule has 0 spiro atoms. The fourth-order valence-electron chi connectivity index (χ4n) is 2.09. The van der Waals surface area contributed by atoms with Crippen molar-refractivity contribution in [2.75, 3.05) is 26.7 Å². The number of nitrogens with two attached hydrogens (primary N) is 1. The van der Waals surface area contributed by atoms with E-state index in [0.717, 1.165) is 25.6 Å². The van der Waals surface area contributed by atoms with Crippen LogP contribution >= 0.6 is 0 Å². The Labute approximate surface area is 156 Å². The summed E-state index contributed by atoms with van der Waals surface area (Å²) in [6.45, 7) is 15.0. The van der Waals surface area contributed by atoms with Gasteiger partial charge in [0.25, 0.3) is 0 Å². The molecular formula is C17H50N2O3Si2. The zero-order chi connectivity index (χ0) is 15.9. The van der Waals surface area contributed by atoms with Gasteiger partial charge in [-0.3, -0.25) is 0 Å². The fraction of sp³-hybridized carbons (Fsp3) is 1.00. The highest BCUT2D eigenvalue weighted by atomic mass is 28.5. The third-order valence-electron chi connectivity index (χ3n) is 2.78. The molecule has 0 amide bonds. The second-order valence-corrected chi connectivity index (χ2v) is 13.7. The lowest BCUT2D eigenvalue weighted by atomic mass is 10.2. The largest absolute Gasteiger partial charge is 0.415 e. The van der Waals surface area contributed by atoms with E-state index in [0.29, 0.717) is 6.54 Å². The SMILES string of the molecule is C.C.C.C.CO[Si](C)(C)O[Si](C)(CCCNCCN)OC(C)(C)C. The van der Waals surface area contributed by atoms with Crippen LogP contribution in [0.1, 0.15) is 56.9 Å². The zero-order valence-electron chi connectivity index (χ0n) is 14.3. The van der Waals surface area contributed by atoms with Gasteiger partial charge in [-0.05, 0) is 59.4 Å². The molecule has 0 saturated carbocycles. The number of nitrogens with one attached hydrogen (secondary N) is 1. The van der Waals surface area contributed by atoms with E-state index in [1.54, 1.807) is 7.11 Å². The van der Waals surface area contributed by atoms with Gasteiger partial charge in [0, 0.05) is 20.2 Å². The Morgan fingerprint density at radius 1 is 0.958 bits per heavy atom. The van der Waals surface area contributed by atoms with Crippen molar-refractivity contribution in [3.63, 3.8) is 0 Å². The predicted molar refractivity (Wildman–Crippen MR) is 116 cm³/mol. The molecule has 1 unspecified atom stereocenters. The van der Waals surface area contributed by atoms with Crippen LogP contribution in [-0.2, 0) is 13.0 Å². The maximum Gasteiger partial charge on any atom is 0.326 e. The standard InChI is InChI=1S/C13H34N2O3Si2.4CH4/c1-13(2,3)17-20(7,18-19(5,6)16-4)12-8-10-15-11-9-14;;;;/h15H,8-12,14H2,1-7H3;4*1H4. The lowest BCUT2D eigenvalue weighted by molar-refractivity contribution is 0.0832. The summed E-state index contributed by atoms with van der Waals surface area (Å²) < 4.78 is 18.2. The van der Waals surface area contributed by atoms with Gasteiger partial charge >= 0.3 is 17.1 Å². The molecule has 3 N–H and O–H groups in total. The van der Waals surface area contributed by atoms with E-state index in [-0.39, 0.29) is 35.3 Å². The first-order valence-corrected chi connectivity index (χ1v) is 12.7. The molecular weight excluding hydrogens is 336 g/mol. The molecule has 0 aromatic rings. The van der Waals surface area contributed by atoms with E-state index >= 15 is 0 Å². The quantitative estimate of drug-likeness (QED) is 0.420. The van der Waals surface area contributed by atoms with Crippen LogP contribution in [0, 0.1) is 0 Å². The molecule has 0 aliphatic heterocycles. The molecule has 154 valence electrons. The maximum atomic E-state index is 6.34. The molecule has 0 aliphatic carbocycles. The highest BCUT2D eigenvalue weighted by Gasteiger charge is 2.41. The molecule has 0 aromatic heterocycles.